The van der Waals surface area contributed by atoms with Gasteiger partial charge >= 0.3 is 6.61 Å². The number of H-pyrrole nitrogens is 1. The summed E-state index contributed by atoms with van der Waals surface area (Å²) in [4.78, 5) is 14.4. The van der Waals surface area contributed by atoms with Crippen LogP contribution in [0.4, 0.5) is 24.5 Å². The van der Waals surface area contributed by atoms with Crippen molar-refractivity contribution in [2.75, 3.05) is 23.9 Å². The van der Waals surface area contributed by atoms with E-state index in [2.05, 4.69) is 20.3 Å². The van der Waals surface area contributed by atoms with Crippen molar-refractivity contribution in [2.24, 2.45) is 0 Å². The first kappa shape index (κ1) is 20.6. The molecule has 1 aromatic heterocycles. The molecule has 4 rings (SSSR count). The Morgan fingerprint density at radius 3 is 2.84 bits per heavy atom. The number of methoxy groups -OCH3 is 1. The van der Waals surface area contributed by atoms with Crippen LogP contribution in [-0.2, 0) is 4.79 Å². The number of aromatic nitrogens is 2. The number of amides is 1. The number of ether oxygens (including phenoxy) is 2. The van der Waals surface area contributed by atoms with Gasteiger partial charge in [0.05, 0.1) is 19.0 Å². The SMILES string of the molecule is COc1c(F)cccc1NC1CCN(c2ccc(-c3cn[nH]c3)c(OC(F)F)c2)C1=O. The van der Waals surface area contributed by atoms with Crippen molar-refractivity contribution < 1.29 is 27.4 Å². The summed E-state index contributed by atoms with van der Waals surface area (Å²) in [5, 5.41) is 9.46. The van der Waals surface area contributed by atoms with E-state index in [1.165, 1.54) is 36.4 Å². The smallest absolute Gasteiger partial charge is 0.387 e. The van der Waals surface area contributed by atoms with Gasteiger partial charge in [-0.2, -0.15) is 13.9 Å². The number of para-hydroxylation sites is 1. The van der Waals surface area contributed by atoms with Crippen LogP contribution in [-0.4, -0.2) is 42.4 Å². The van der Waals surface area contributed by atoms with E-state index in [4.69, 9.17) is 4.74 Å². The lowest BCUT2D eigenvalue weighted by atomic mass is 10.1. The number of anilines is 2. The molecule has 2 heterocycles. The number of halogens is 3. The van der Waals surface area contributed by atoms with Crippen molar-refractivity contribution in [3.05, 3.63) is 54.6 Å². The highest BCUT2D eigenvalue weighted by Gasteiger charge is 2.33. The highest BCUT2D eigenvalue weighted by Crippen LogP contribution is 2.36. The molecule has 10 heteroatoms. The normalized spacial score (nSPS) is 16.1. The maximum atomic E-state index is 13.9. The number of aromatic amines is 1. The minimum absolute atomic E-state index is 0.0193. The van der Waals surface area contributed by atoms with Crippen LogP contribution in [0.25, 0.3) is 11.1 Å². The Bertz CT molecular complexity index is 1080. The standard InChI is InChI=1S/C21H19F3N4O3/c1-30-19-15(22)3-2-4-16(19)27-17-7-8-28(20(17)29)13-5-6-14(12-10-25-26-11-12)18(9-13)31-21(23)24/h2-6,9-11,17,21,27H,7-8H2,1H3,(H,25,26). The fourth-order valence-electron chi connectivity index (χ4n) is 3.60. The van der Waals surface area contributed by atoms with Gasteiger partial charge in [0.15, 0.2) is 11.6 Å². The Morgan fingerprint density at radius 2 is 2.13 bits per heavy atom. The number of rotatable bonds is 7. The first-order valence-corrected chi connectivity index (χ1v) is 9.46. The molecule has 7 nitrogen and oxygen atoms in total. The minimum atomic E-state index is -3.02. The third kappa shape index (κ3) is 4.14. The molecule has 1 aliphatic rings. The third-order valence-electron chi connectivity index (χ3n) is 5.01. The Morgan fingerprint density at radius 1 is 1.29 bits per heavy atom. The summed E-state index contributed by atoms with van der Waals surface area (Å²) in [6.07, 6.45) is 3.48. The second-order valence-corrected chi connectivity index (χ2v) is 6.84. The molecule has 2 N–H and O–H groups in total. The predicted molar refractivity (Wildman–Crippen MR) is 108 cm³/mol. The second-order valence-electron chi connectivity index (χ2n) is 6.84. The van der Waals surface area contributed by atoms with Gasteiger partial charge in [-0.1, -0.05) is 6.07 Å². The monoisotopic (exact) mass is 432 g/mol. The zero-order valence-electron chi connectivity index (χ0n) is 16.4. The fourth-order valence-corrected chi connectivity index (χ4v) is 3.60. The summed E-state index contributed by atoms with van der Waals surface area (Å²) in [6, 6.07) is 8.43. The number of carbonyl (C=O) groups is 1. The lowest BCUT2D eigenvalue weighted by Crippen LogP contribution is -2.33. The summed E-state index contributed by atoms with van der Waals surface area (Å²) >= 11 is 0. The van der Waals surface area contributed by atoms with Crippen LogP contribution in [0.1, 0.15) is 6.42 Å². The quantitative estimate of drug-likeness (QED) is 0.589. The molecular formula is C21H19F3N4O3. The van der Waals surface area contributed by atoms with Crippen LogP contribution < -0.4 is 19.7 Å². The number of alkyl halides is 2. The molecule has 3 aromatic rings. The molecule has 0 spiro atoms. The molecule has 31 heavy (non-hydrogen) atoms. The summed E-state index contributed by atoms with van der Waals surface area (Å²) in [5.74, 6) is -0.862. The van der Waals surface area contributed by atoms with Crippen molar-refractivity contribution in [2.45, 2.75) is 19.1 Å². The highest BCUT2D eigenvalue weighted by atomic mass is 19.3. The Hall–Kier alpha value is -3.69. The molecule has 2 aromatic carbocycles. The molecule has 1 amide bonds. The average Bonchev–Trinajstić information content (AvgIpc) is 3.39. The maximum absolute atomic E-state index is 13.9. The number of hydrogen-bond donors (Lipinski definition) is 2. The van der Waals surface area contributed by atoms with Crippen LogP contribution in [0.2, 0.25) is 0 Å². The van der Waals surface area contributed by atoms with Crippen molar-refractivity contribution >= 4 is 17.3 Å². The van der Waals surface area contributed by atoms with E-state index in [-0.39, 0.29) is 17.4 Å². The fraction of sp³-hybridized carbons (Fsp3) is 0.238. The van der Waals surface area contributed by atoms with Gasteiger partial charge in [-0.15, -0.1) is 0 Å². The number of nitrogens with one attached hydrogen (secondary N) is 2. The zero-order valence-corrected chi connectivity index (χ0v) is 16.4. The van der Waals surface area contributed by atoms with Gasteiger partial charge in [-0.05, 0) is 30.7 Å². The lowest BCUT2D eigenvalue weighted by Gasteiger charge is -2.20. The Kier molecular flexibility index (Phi) is 5.70. The number of benzene rings is 2. The Labute approximate surface area is 175 Å². The van der Waals surface area contributed by atoms with Crippen molar-refractivity contribution in [1.82, 2.24) is 10.2 Å². The predicted octanol–water partition coefficient (Wildman–Crippen LogP) is 4.04. The zero-order chi connectivity index (χ0) is 22.0. The summed E-state index contributed by atoms with van der Waals surface area (Å²) < 4.78 is 49.6. The number of hydrogen-bond acceptors (Lipinski definition) is 5. The summed E-state index contributed by atoms with van der Waals surface area (Å²) in [5.41, 5.74) is 1.78. The number of carbonyl (C=O) groups excluding carboxylic acids is 1. The van der Waals surface area contributed by atoms with Crippen molar-refractivity contribution in [3.63, 3.8) is 0 Å². The molecule has 1 unspecified atom stereocenters. The lowest BCUT2D eigenvalue weighted by molar-refractivity contribution is -0.117. The van der Waals surface area contributed by atoms with Gasteiger partial charge in [0, 0.05) is 35.6 Å². The average molecular weight is 432 g/mol. The van der Waals surface area contributed by atoms with Gasteiger partial charge in [-0.25, -0.2) is 4.39 Å². The van der Waals surface area contributed by atoms with Crippen molar-refractivity contribution in [1.29, 1.82) is 0 Å². The topological polar surface area (TPSA) is 79.5 Å². The molecule has 0 bridgehead atoms. The molecule has 1 saturated heterocycles. The third-order valence-corrected chi connectivity index (χ3v) is 5.01. The molecular weight excluding hydrogens is 413 g/mol. The highest BCUT2D eigenvalue weighted by molar-refractivity contribution is 6.01. The van der Waals surface area contributed by atoms with Crippen molar-refractivity contribution in [3.8, 4) is 22.6 Å². The molecule has 162 valence electrons. The maximum Gasteiger partial charge on any atom is 0.387 e. The van der Waals surface area contributed by atoms with E-state index in [0.717, 1.165) is 0 Å². The van der Waals surface area contributed by atoms with Gasteiger partial charge in [0.2, 0.25) is 5.91 Å². The van der Waals surface area contributed by atoms with Crippen LogP contribution in [0.15, 0.2) is 48.8 Å². The molecule has 0 aliphatic carbocycles. The second kappa shape index (κ2) is 8.58. The first-order valence-electron chi connectivity index (χ1n) is 9.46. The van der Waals surface area contributed by atoms with Crippen LogP contribution in [0.3, 0.4) is 0 Å². The van der Waals surface area contributed by atoms with E-state index < -0.39 is 18.5 Å². The summed E-state index contributed by atoms with van der Waals surface area (Å²) in [7, 11) is 1.35. The van der Waals surface area contributed by atoms with E-state index in [1.54, 1.807) is 24.4 Å². The van der Waals surface area contributed by atoms with Crippen LogP contribution >= 0.6 is 0 Å². The summed E-state index contributed by atoms with van der Waals surface area (Å²) in [6.45, 7) is -2.67. The minimum Gasteiger partial charge on any atom is -0.492 e. The molecule has 1 atom stereocenters. The van der Waals surface area contributed by atoms with Gasteiger partial charge < -0.3 is 19.7 Å². The van der Waals surface area contributed by atoms with Gasteiger partial charge in [0.1, 0.15) is 11.8 Å². The van der Waals surface area contributed by atoms with E-state index >= 15 is 0 Å². The Balaban J connectivity index is 1.58. The number of nitrogens with zero attached hydrogens (tertiary/aromatic N) is 2. The van der Waals surface area contributed by atoms with E-state index in [1.807, 2.05) is 0 Å². The first-order chi connectivity index (χ1) is 15.0. The molecule has 0 saturated carbocycles. The molecule has 0 radical (unpaired) electrons. The van der Waals surface area contributed by atoms with Crippen LogP contribution in [0.5, 0.6) is 11.5 Å². The molecule has 1 fully saturated rings. The van der Waals surface area contributed by atoms with Gasteiger partial charge in [0.25, 0.3) is 0 Å². The largest absolute Gasteiger partial charge is 0.492 e. The van der Waals surface area contributed by atoms with Crippen LogP contribution in [0, 0.1) is 5.82 Å². The molecule has 1 aliphatic heterocycles. The van der Waals surface area contributed by atoms with E-state index in [9.17, 15) is 18.0 Å². The van der Waals surface area contributed by atoms with Gasteiger partial charge in [-0.3, -0.25) is 9.89 Å². The van der Waals surface area contributed by atoms with E-state index in [0.29, 0.717) is 35.5 Å².